The molecule has 0 aliphatic rings. The van der Waals surface area contributed by atoms with Crippen LogP contribution in [0.4, 0.5) is 0 Å². The lowest BCUT2D eigenvalue weighted by atomic mass is 10.1. The summed E-state index contributed by atoms with van der Waals surface area (Å²) >= 11 is 0. The number of guanidine groups is 1. The van der Waals surface area contributed by atoms with Gasteiger partial charge in [-0.15, -0.1) is 0 Å². The zero-order valence-corrected chi connectivity index (χ0v) is 17.5. The number of hydrogen-bond donors (Lipinski definition) is 8. The van der Waals surface area contributed by atoms with Crippen LogP contribution in [0, 0.1) is 0 Å². The van der Waals surface area contributed by atoms with Gasteiger partial charge in [0, 0.05) is 13.0 Å². The summed E-state index contributed by atoms with van der Waals surface area (Å²) in [5.74, 6) is -4.68. The fourth-order valence-electron chi connectivity index (χ4n) is 2.24. The number of nitrogens with two attached hydrogens (primary N) is 3. The Morgan fingerprint density at radius 2 is 1.45 bits per heavy atom. The summed E-state index contributed by atoms with van der Waals surface area (Å²) in [6.45, 7) is 2.80. The van der Waals surface area contributed by atoms with E-state index >= 15 is 0 Å². The Bertz CT molecular complexity index is 694. The zero-order valence-electron chi connectivity index (χ0n) is 17.5. The molecular weight excluding hydrogens is 414 g/mol. The molecule has 4 unspecified atom stereocenters. The van der Waals surface area contributed by atoms with Gasteiger partial charge in [-0.3, -0.25) is 29.0 Å². The summed E-state index contributed by atoms with van der Waals surface area (Å²) in [6.07, 6.45) is -0.0224. The molecule has 0 aliphatic carbocycles. The van der Waals surface area contributed by atoms with E-state index in [1.54, 1.807) is 0 Å². The highest BCUT2D eigenvalue weighted by molar-refractivity contribution is 5.93. The van der Waals surface area contributed by atoms with Crippen molar-refractivity contribution in [1.29, 1.82) is 0 Å². The van der Waals surface area contributed by atoms with Crippen molar-refractivity contribution in [3.05, 3.63) is 0 Å². The highest BCUT2D eigenvalue weighted by Gasteiger charge is 2.27. The Labute approximate surface area is 179 Å². The third-order valence-corrected chi connectivity index (χ3v) is 4.07. The number of carbonyl (C=O) groups excluding carboxylic acids is 3. The number of nitrogens with one attached hydrogen (secondary N) is 3. The fraction of sp³-hybridized carbons (Fsp3) is 0.647. The second-order valence-electron chi connectivity index (χ2n) is 6.85. The standard InChI is InChI=1S/C17H31N7O7/c1-8(22-14(28)10(18)5-6-12(25)26)13(27)24-11(4-3-7-21-17(19)20)15(29)23-9(2)16(30)31/h8-11H,3-7,18H2,1-2H3,(H,22,28)(H,23,29)(H,24,27)(H,25,26)(H,30,31)(H4,19,20,21). The molecule has 0 bridgehead atoms. The first-order valence-electron chi connectivity index (χ1n) is 9.51. The molecule has 0 aromatic rings. The van der Waals surface area contributed by atoms with Gasteiger partial charge in [-0.25, -0.2) is 0 Å². The molecule has 0 aromatic carbocycles. The summed E-state index contributed by atoms with van der Waals surface area (Å²) < 4.78 is 0. The van der Waals surface area contributed by atoms with Gasteiger partial charge in [-0.05, 0) is 33.1 Å². The molecule has 0 spiro atoms. The van der Waals surface area contributed by atoms with Crippen molar-refractivity contribution < 1.29 is 34.2 Å². The van der Waals surface area contributed by atoms with Crippen molar-refractivity contribution in [3.63, 3.8) is 0 Å². The second-order valence-corrected chi connectivity index (χ2v) is 6.85. The molecule has 0 heterocycles. The quantitative estimate of drug-likeness (QED) is 0.0755. The average molecular weight is 445 g/mol. The van der Waals surface area contributed by atoms with E-state index in [-0.39, 0.29) is 31.8 Å². The molecule has 4 atom stereocenters. The maximum Gasteiger partial charge on any atom is 0.325 e. The number of nitrogens with zero attached hydrogens (tertiary/aromatic N) is 1. The van der Waals surface area contributed by atoms with Crippen LogP contribution in [-0.2, 0) is 24.0 Å². The lowest BCUT2D eigenvalue weighted by molar-refractivity contribution is -0.142. The van der Waals surface area contributed by atoms with E-state index < -0.39 is 53.8 Å². The van der Waals surface area contributed by atoms with E-state index in [0.29, 0.717) is 6.42 Å². The molecule has 176 valence electrons. The van der Waals surface area contributed by atoms with Crippen molar-refractivity contribution in [2.45, 2.75) is 63.7 Å². The zero-order chi connectivity index (χ0) is 24.1. The van der Waals surface area contributed by atoms with Crippen molar-refractivity contribution >= 4 is 35.6 Å². The summed E-state index contributed by atoms with van der Waals surface area (Å²) in [5.41, 5.74) is 16.0. The predicted octanol–water partition coefficient (Wildman–Crippen LogP) is -3.19. The lowest BCUT2D eigenvalue weighted by Crippen LogP contribution is -2.56. The number of carboxylic acids is 2. The van der Waals surface area contributed by atoms with Crippen LogP contribution in [0.25, 0.3) is 0 Å². The Morgan fingerprint density at radius 1 is 0.871 bits per heavy atom. The fourth-order valence-corrected chi connectivity index (χ4v) is 2.24. The maximum atomic E-state index is 12.4. The SMILES string of the molecule is CC(NC(=O)C(CCCN=C(N)N)NC(=O)C(C)NC(=O)C(N)CCC(=O)O)C(=O)O. The molecular formula is C17H31N7O7. The van der Waals surface area contributed by atoms with Crippen LogP contribution in [0.2, 0.25) is 0 Å². The van der Waals surface area contributed by atoms with Crippen LogP contribution in [0.3, 0.4) is 0 Å². The molecule has 0 fully saturated rings. The third kappa shape index (κ3) is 12.0. The largest absolute Gasteiger partial charge is 0.481 e. The molecule has 0 rings (SSSR count). The molecule has 0 radical (unpaired) electrons. The lowest BCUT2D eigenvalue weighted by Gasteiger charge is -2.23. The van der Waals surface area contributed by atoms with Gasteiger partial charge in [-0.1, -0.05) is 0 Å². The summed E-state index contributed by atoms with van der Waals surface area (Å²) in [6, 6.07) is -4.51. The first kappa shape index (κ1) is 27.6. The maximum absolute atomic E-state index is 12.4. The topological polar surface area (TPSA) is 252 Å². The number of aliphatic imine (C=N–C) groups is 1. The van der Waals surface area contributed by atoms with Crippen molar-refractivity contribution in [2.75, 3.05) is 6.54 Å². The van der Waals surface area contributed by atoms with Gasteiger partial charge in [0.25, 0.3) is 0 Å². The van der Waals surface area contributed by atoms with Crippen LogP contribution >= 0.6 is 0 Å². The Hall–Kier alpha value is -3.42. The minimum atomic E-state index is -1.25. The van der Waals surface area contributed by atoms with Gasteiger partial charge >= 0.3 is 11.9 Å². The molecule has 0 aromatic heterocycles. The highest BCUT2D eigenvalue weighted by atomic mass is 16.4. The summed E-state index contributed by atoms with van der Waals surface area (Å²) in [4.78, 5) is 62.1. The van der Waals surface area contributed by atoms with Gasteiger partial charge < -0.3 is 43.4 Å². The molecule has 3 amide bonds. The van der Waals surface area contributed by atoms with Gasteiger partial charge in [0.05, 0.1) is 6.04 Å². The number of carbonyl (C=O) groups is 5. The van der Waals surface area contributed by atoms with Crippen molar-refractivity contribution in [3.8, 4) is 0 Å². The van der Waals surface area contributed by atoms with E-state index in [0.717, 1.165) is 0 Å². The molecule has 0 aliphatic heterocycles. The van der Waals surface area contributed by atoms with Crippen molar-refractivity contribution in [2.24, 2.45) is 22.2 Å². The molecule has 0 saturated heterocycles. The van der Waals surface area contributed by atoms with E-state index in [2.05, 4.69) is 20.9 Å². The monoisotopic (exact) mass is 445 g/mol. The number of carboxylic acid groups (broad SMARTS) is 2. The van der Waals surface area contributed by atoms with Gasteiger partial charge in [0.15, 0.2) is 5.96 Å². The molecule has 14 nitrogen and oxygen atoms in total. The first-order chi connectivity index (χ1) is 14.3. The molecule has 0 saturated carbocycles. The molecule has 14 heteroatoms. The second kappa shape index (κ2) is 13.7. The number of rotatable bonds is 14. The van der Waals surface area contributed by atoms with E-state index in [9.17, 15) is 24.0 Å². The van der Waals surface area contributed by atoms with Gasteiger partial charge in [0.2, 0.25) is 17.7 Å². The van der Waals surface area contributed by atoms with Crippen LogP contribution in [0.5, 0.6) is 0 Å². The predicted molar refractivity (Wildman–Crippen MR) is 110 cm³/mol. The number of amides is 3. The summed E-state index contributed by atoms with van der Waals surface area (Å²) in [7, 11) is 0. The average Bonchev–Trinajstić information content (AvgIpc) is 2.67. The van der Waals surface area contributed by atoms with Gasteiger partial charge in [0.1, 0.15) is 18.1 Å². The van der Waals surface area contributed by atoms with Crippen molar-refractivity contribution in [1.82, 2.24) is 16.0 Å². The first-order valence-corrected chi connectivity index (χ1v) is 9.51. The Kier molecular flexibility index (Phi) is 12.2. The van der Waals surface area contributed by atoms with Crippen LogP contribution in [0.1, 0.15) is 39.5 Å². The molecule has 31 heavy (non-hydrogen) atoms. The summed E-state index contributed by atoms with van der Waals surface area (Å²) in [5, 5.41) is 24.6. The normalized spacial score (nSPS) is 14.3. The highest BCUT2D eigenvalue weighted by Crippen LogP contribution is 2.02. The number of hydrogen-bond acceptors (Lipinski definition) is 7. The number of aliphatic carboxylic acids is 2. The minimum absolute atomic E-state index is 0.0967. The Morgan fingerprint density at radius 3 is 1.97 bits per heavy atom. The molecule has 11 N–H and O–H groups in total. The van der Waals surface area contributed by atoms with E-state index in [4.69, 9.17) is 27.4 Å². The van der Waals surface area contributed by atoms with Crippen LogP contribution in [0.15, 0.2) is 4.99 Å². The van der Waals surface area contributed by atoms with Crippen LogP contribution < -0.4 is 33.2 Å². The van der Waals surface area contributed by atoms with E-state index in [1.165, 1.54) is 13.8 Å². The minimum Gasteiger partial charge on any atom is -0.481 e. The van der Waals surface area contributed by atoms with E-state index in [1.807, 2.05) is 0 Å². The Balaban J connectivity index is 4.99. The van der Waals surface area contributed by atoms with Crippen LogP contribution in [-0.4, -0.2) is 76.5 Å². The smallest absolute Gasteiger partial charge is 0.325 e. The van der Waals surface area contributed by atoms with Gasteiger partial charge in [-0.2, -0.15) is 0 Å². The third-order valence-electron chi connectivity index (χ3n) is 4.07.